The predicted octanol–water partition coefficient (Wildman–Crippen LogP) is 3.03. The van der Waals surface area contributed by atoms with Gasteiger partial charge in [0.15, 0.2) is 5.82 Å². The molecule has 0 bridgehead atoms. The standard InChI is InChI=1S/C21H16N6O2S/c1-29-15-9-5-4-8-14(15)27-20(26-13-7-3-2-6-12(13)21(27)28)18(30)16-17-19(24-10-22-16)25-11-23-17/h2-11,18,30H,1H3,(H,22,23,24,25). The topological polar surface area (TPSA) is 98.6 Å². The molecule has 30 heavy (non-hydrogen) atoms. The third kappa shape index (κ3) is 2.82. The van der Waals surface area contributed by atoms with Crippen LogP contribution in [0.1, 0.15) is 16.8 Å². The van der Waals surface area contributed by atoms with Crippen LogP contribution >= 0.6 is 12.6 Å². The van der Waals surface area contributed by atoms with E-state index in [9.17, 15) is 4.79 Å². The zero-order chi connectivity index (χ0) is 20.7. The molecule has 2 aromatic carbocycles. The van der Waals surface area contributed by atoms with Gasteiger partial charge in [0.25, 0.3) is 5.56 Å². The second-order valence-corrected chi connectivity index (χ2v) is 7.08. The number of hydrogen-bond donors (Lipinski definition) is 2. The Bertz CT molecular complexity index is 1400. The Morgan fingerprint density at radius 2 is 1.87 bits per heavy atom. The molecule has 1 aromatic heterocycles. The fraction of sp³-hybridized carbons (Fsp3) is 0.0952. The first-order chi connectivity index (χ1) is 14.7. The molecule has 3 aromatic rings. The van der Waals surface area contributed by atoms with Crippen LogP contribution in [0.5, 0.6) is 5.75 Å². The number of thiol groups is 1. The fourth-order valence-corrected chi connectivity index (χ4v) is 3.85. The molecule has 1 N–H and O–H groups in total. The van der Waals surface area contributed by atoms with Crippen molar-refractivity contribution in [2.45, 2.75) is 5.25 Å². The monoisotopic (exact) mass is 416 g/mol. The SMILES string of the molecule is COc1ccccc1-n1c(C(S)c2nc[nH]c3ncnc2-3)nc2ccccc2c1=O. The van der Waals surface area contributed by atoms with Crippen molar-refractivity contribution < 1.29 is 4.74 Å². The van der Waals surface area contributed by atoms with Gasteiger partial charge >= 0.3 is 0 Å². The molecule has 0 spiro atoms. The second-order valence-electron chi connectivity index (χ2n) is 6.56. The first kappa shape index (κ1) is 18.3. The third-order valence-corrected chi connectivity index (χ3v) is 5.35. The molecule has 0 aliphatic carbocycles. The van der Waals surface area contributed by atoms with Crippen molar-refractivity contribution in [1.29, 1.82) is 0 Å². The largest absolute Gasteiger partial charge is 0.495 e. The highest BCUT2D eigenvalue weighted by Crippen LogP contribution is 2.34. The van der Waals surface area contributed by atoms with Gasteiger partial charge in [0.1, 0.15) is 28.8 Å². The van der Waals surface area contributed by atoms with Crippen LogP contribution in [0.3, 0.4) is 0 Å². The Morgan fingerprint density at radius 1 is 1.07 bits per heavy atom. The number of rotatable bonds is 4. The van der Waals surface area contributed by atoms with E-state index in [1.54, 1.807) is 25.3 Å². The molecule has 2 aliphatic heterocycles. The minimum atomic E-state index is -0.638. The molecule has 8 nitrogen and oxygen atoms in total. The Morgan fingerprint density at radius 3 is 2.73 bits per heavy atom. The molecule has 0 saturated carbocycles. The zero-order valence-electron chi connectivity index (χ0n) is 15.9. The maximum atomic E-state index is 13.5. The molecule has 0 saturated heterocycles. The number of ether oxygens (including phenoxy) is 1. The zero-order valence-corrected chi connectivity index (χ0v) is 16.7. The lowest BCUT2D eigenvalue weighted by atomic mass is 10.1. The first-order valence-corrected chi connectivity index (χ1v) is 9.68. The smallest absolute Gasteiger partial charge is 0.266 e. The number of nitrogens with zero attached hydrogens (tertiary/aromatic N) is 5. The number of para-hydroxylation sites is 3. The number of methoxy groups -OCH3 is 1. The molecule has 1 unspecified atom stereocenters. The summed E-state index contributed by atoms with van der Waals surface area (Å²) in [6.45, 7) is 0. The van der Waals surface area contributed by atoms with Crippen LogP contribution in [0.4, 0.5) is 0 Å². The quantitative estimate of drug-likeness (QED) is 0.437. The molecule has 0 fully saturated rings. The van der Waals surface area contributed by atoms with E-state index in [0.29, 0.717) is 45.4 Å². The number of H-pyrrole nitrogens is 1. The predicted molar refractivity (Wildman–Crippen MR) is 116 cm³/mol. The van der Waals surface area contributed by atoms with Crippen LogP contribution in [0, 0.1) is 0 Å². The summed E-state index contributed by atoms with van der Waals surface area (Å²) in [4.78, 5) is 34.2. The van der Waals surface area contributed by atoms with Crippen molar-refractivity contribution in [2.75, 3.05) is 7.11 Å². The maximum absolute atomic E-state index is 13.5. The fourth-order valence-electron chi connectivity index (χ4n) is 3.49. The number of aromatic nitrogens is 6. The summed E-state index contributed by atoms with van der Waals surface area (Å²) < 4.78 is 7.04. The molecule has 1 atom stereocenters. The molecule has 0 amide bonds. The van der Waals surface area contributed by atoms with Gasteiger partial charge in [-0.05, 0) is 24.3 Å². The highest BCUT2D eigenvalue weighted by Gasteiger charge is 2.26. The lowest BCUT2D eigenvalue weighted by molar-refractivity contribution is 0.412. The van der Waals surface area contributed by atoms with E-state index in [1.807, 2.05) is 30.3 Å². The number of aromatic amines is 1. The molecule has 5 rings (SSSR count). The number of imidazole rings is 1. The Balaban J connectivity index is 1.83. The van der Waals surface area contributed by atoms with Crippen molar-refractivity contribution in [3.05, 3.63) is 83.1 Å². The summed E-state index contributed by atoms with van der Waals surface area (Å²) in [7, 11) is 1.56. The number of fused-ring (bicyclic) bond motifs is 2. The van der Waals surface area contributed by atoms with Crippen molar-refractivity contribution >= 4 is 23.5 Å². The van der Waals surface area contributed by atoms with E-state index in [2.05, 4.69) is 19.9 Å². The van der Waals surface area contributed by atoms with Crippen LogP contribution in [0.25, 0.3) is 28.1 Å². The van der Waals surface area contributed by atoms with Crippen molar-refractivity contribution in [3.63, 3.8) is 0 Å². The third-order valence-electron chi connectivity index (χ3n) is 4.88. The van der Waals surface area contributed by atoms with Gasteiger partial charge in [-0.25, -0.2) is 19.9 Å². The van der Waals surface area contributed by atoms with Crippen molar-refractivity contribution in [2.24, 2.45) is 0 Å². The van der Waals surface area contributed by atoms with Gasteiger partial charge in [0.05, 0.1) is 35.7 Å². The number of benzene rings is 2. The number of hydrogen-bond acceptors (Lipinski definition) is 7. The van der Waals surface area contributed by atoms with Gasteiger partial charge in [-0.15, -0.1) is 0 Å². The minimum absolute atomic E-state index is 0.216. The summed E-state index contributed by atoms with van der Waals surface area (Å²) in [5.41, 5.74) is 2.06. The summed E-state index contributed by atoms with van der Waals surface area (Å²) >= 11 is 4.81. The molecular formula is C21H16N6O2S. The molecule has 9 heteroatoms. The van der Waals surface area contributed by atoms with E-state index in [1.165, 1.54) is 17.2 Å². The summed E-state index contributed by atoms with van der Waals surface area (Å²) in [6, 6.07) is 14.5. The van der Waals surface area contributed by atoms with Gasteiger partial charge in [0.2, 0.25) is 0 Å². The normalized spacial score (nSPS) is 12.3. The van der Waals surface area contributed by atoms with Crippen molar-refractivity contribution in [3.8, 4) is 23.0 Å². The van der Waals surface area contributed by atoms with E-state index >= 15 is 0 Å². The highest BCUT2D eigenvalue weighted by atomic mass is 32.1. The lowest BCUT2D eigenvalue weighted by Gasteiger charge is -2.20. The Labute approximate surface area is 176 Å². The average molecular weight is 416 g/mol. The highest BCUT2D eigenvalue weighted by molar-refractivity contribution is 7.80. The van der Waals surface area contributed by atoms with Crippen LogP contribution in [0.2, 0.25) is 0 Å². The van der Waals surface area contributed by atoms with Gasteiger partial charge in [-0.1, -0.05) is 24.3 Å². The first-order valence-electron chi connectivity index (χ1n) is 9.16. The Kier molecular flexibility index (Phi) is 4.44. The van der Waals surface area contributed by atoms with E-state index in [-0.39, 0.29) is 5.56 Å². The van der Waals surface area contributed by atoms with Crippen molar-refractivity contribution in [1.82, 2.24) is 29.5 Å². The molecule has 3 heterocycles. The summed E-state index contributed by atoms with van der Waals surface area (Å²) in [5, 5.41) is -0.138. The number of nitrogens with one attached hydrogen (secondary N) is 1. The summed E-state index contributed by atoms with van der Waals surface area (Å²) in [5.74, 6) is 1.55. The van der Waals surface area contributed by atoms with Crippen LogP contribution in [-0.2, 0) is 0 Å². The summed E-state index contributed by atoms with van der Waals surface area (Å²) in [6.07, 6.45) is 2.98. The molecule has 2 aliphatic rings. The van der Waals surface area contributed by atoms with Gasteiger partial charge in [0, 0.05) is 0 Å². The van der Waals surface area contributed by atoms with Gasteiger partial charge in [-0.3, -0.25) is 9.36 Å². The molecular weight excluding hydrogens is 400 g/mol. The maximum Gasteiger partial charge on any atom is 0.266 e. The van der Waals surface area contributed by atoms with E-state index < -0.39 is 5.25 Å². The minimum Gasteiger partial charge on any atom is -0.495 e. The van der Waals surface area contributed by atoms with E-state index in [4.69, 9.17) is 22.3 Å². The second kappa shape index (κ2) is 7.27. The molecule has 148 valence electrons. The lowest BCUT2D eigenvalue weighted by Crippen LogP contribution is -2.26. The van der Waals surface area contributed by atoms with Crippen LogP contribution in [-0.4, -0.2) is 36.6 Å². The van der Waals surface area contributed by atoms with Crippen LogP contribution < -0.4 is 10.3 Å². The average Bonchev–Trinajstić information content (AvgIpc) is 3.27. The van der Waals surface area contributed by atoms with E-state index in [0.717, 1.165) is 0 Å². The molecule has 0 radical (unpaired) electrons. The van der Waals surface area contributed by atoms with Gasteiger partial charge in [-0.2, -0.15) is 12.6 Å². The van der Waals surface area contributed by atoms with Crippen LogP contribution in [0.15, 0.2) is 66.0 Å². The Hall–Kier alpha value is -3.72. The van der Waals surface area contributed by atoms with Gasteiger partial charge < -0.3 is 9.72 Å².